The Kier molecular flexibility index (Phi) is 2.98. The summed E-state index contributed by atoms with van der Waals surface area (Å²) in [5.74, 6) is 4.80. The van der Waals surface area contributed by atoms with Crippen LogP contribution < -0.4 is 5.73 Å². The second kappa shape index (κ2) is 4.21. The number of carbonyl (C=O) groups excluding carboxylic acids is 1. The Morgan fingerprint density at radius 3 is 3.08 bits per heavy atom. The molecular weight excluding hydrogens is 166 g/mol. The number of primary amides is 1. The third-order valence-corrected chi connectivity index (χ3v) is 1.34. The smallest absolute Gasteiger partial charge is 0.293 e. The van der Waals surface area contributed by atoms with Crippen molar-refractivity contribution in [1.82, 2.24) is 9.97 Å². The summed E-state index contributed by atoms with van der Waals surface area (Å²) in [5, 5.41) is 0. The molecule has 1 heterocycles. The van der Waals surface area contributed by atoms with Crippen LogP contribution in [0.5, 0.6) is 0 Å². The number of rotatable bonds is 1. The second-order valence-electron chi connectivity index (χ2n) is 2.33. The average Bonchev–Trinajstić information content (AvgIpc) is 2.15. The summed E-state index contributed by atoms with van der Waals surface area (Å²) in [6, 6.07) is 1.63. The maximum absolute atomic E-state index is 10.3. The molecule has 0 spiro atoms. The van der Waals surface area contributed by atoms with E-state index in [9.17, 15) is 4.79 Å². The van der Waals surface area contributed by atoms with Crippen LogP contribution in [0.1, 0.15) is 18.4 Å². The number of aromatic nitrogens is 2. The van der Waals surface area contributed by atoms with E-state index in [1.54, 1.807) is 12.3 Å². The molecule has 0 atom stereocenters. The Morgan fingerprint density at radius 1 is 1.69 bits per heavy atom. The Morgan fingerprint density at radius 2 is 2.46 bits per heavy atom. The van der Waals surface area contributed by atoms with Crippen molar-refractivity contribution in [3.05, 3.63) is 23.8 Å². The van der Waals surface area contributed by atoms with Gasteiger partial charge in [-0.2, -0.15) is 0 Å². The van der Waals surface area contributed by atoms with Crippen molar-refractivity contribution in [3.63, 3.8) is 0 Å². The van der Waals surface area contributed by atoms with Crippen molar-refractivity contribution >= 4 is 5.91 Å². The first-order valence-electron chi connectivity index (χ1n) is 3.85. The van der Waals surface area contributed by atoms with E-state index < -0.39 is 5.91 Å². The number of aryl methyl sites for hydroxylation is 1. The zero-order chi connectivity index (χ0) is 9.68. The second-order valence-corrected chi connectivity index (χ2v) is 2.33. The number of carbonyl (C=O) groups is 1. The molecule has 13 heavy (non-hydrogen) atoms. The molecule has 0 saturated heterocycles. The van der Waals surface area contributed by atoms with E-state index in [1.165, 1.54) is 0 Å². The first-order valence-corrected chi connectivity index (χ1v) is 3.85. The largest absolute Gasteiger partial charge is 0.359 e. The molecule has 4 heteroatoms. The lowest BCUT2D eigenvalue weighted by molar-refractivity contribution is -0.112. The predicted octanol–water partition coefficient (Wildman–Crippen LogP) is -0.124. The van der Waals surface area contributed by atoms with Crippen LogP contribution in [0.2, 0.25) is 0 Å². The quantitative estimate of drug-likeness (QED) is 0.605. The van der Waals surface area contributed by atoms with Crippen molar-refractivity contribution in [2.24, 2.45) is 5.73 Å². The number of nitrogens with zero attached hydrogens (tertiary/aromatic N) is 2. The highest BCUT2D eigenvalue weighted by Gasteiger charge is 1.93. The van der Waals surface area contributed by atoms with Gasteiger partial charge in [-0.15, -0.1) is 0 Å². The normalized spacial score (nSPS) is 8.69. The van der Waals surface area contributed by atoms with E-state index in [2.05, 4.69) is 21.8 Å². The highest BCUT2D eigenvalue weighted by molar-refractivity contribution is 5.92. The van der Waals surface area contributed by atoms with Crippen molar-refractivity contribution in [1.29, 1.82) is 0 Å². The SMILES string of the molecule is CCc1nccc(C#CC(N)=O)n1. The molecule has 1 aromatic rings. The van der Waals surface area contributed by atoms with Gasteiger partial charge in [-0.05, 0) is 12.0 Å². The third kappa shape index (κ3) is 2.91. The molecule has 1 rings (SSSR count). The summed E-state index contributed by atoms with van der Waals surface area (Å²) in [5.41, 5.74) is 5.37. The molecular formula is C9H9N3O. The minimum Gasteiger partial charge on any atom is -0.359 e. The first-order chi connectivity index (χ1) is 6.22. The molecule has 1 aromatic heterocycles. The molecule has 4 nitrogen and oxygen atoms in total. The van der Waals surface area contributed by atoms with Gasteiger partial charge in [0.1, 0.15) is 11.5 Å². The maximum atomic E-state index is 10.3. The summed E-state index contributed by atoms with van der Waals surface area (Å²) >= 11 is 0. The molecule has 0 aromatic carbocycles. The van der Waals surface area contributed by atoms with Crippen LogP contribution in [0.4, 0.5) is 0 Å². The Bertz CT molecular complexity index is 376. The van der Waals surface area contributed by atoms with Crippen LogP contribution in [-0.2, 0) is 11.2 Å². The van der Waals surface area contributed by atoms with Gasteiger partial charge in [0.2, 0.25) is 0 Å². The molecule has 0 fully saturated rings. The van der Waals surface area contributed by atoms with Gasteiger partial charge in [0.15, 0.2) is 0 Å². The van der Waals surface area contributed by atoms with E-state index in [-0.39, 0.29) is 0 Å². The Balaban J connectivity index is 2.91. The molecule has 0 aliphatic carbocycles. The summed E-state index contributed by atoms with van der Waals surface area (Å²) in [4.78, 5) is 18.4. The number of nitrogens with two attached hydrogens (primary N) is 1. The fourth-order valence-corrected chi connectivity index (χ4v) is 0.765. The van der Waals surface area contributed by atoms with Crippen LogP contribution in [0, 0.1) is 11.8 Å². The Hall–Kier alpha value is -1.89. The van der Waals surface area contributed by atoms with Crippen LogP contribution in [-0.4, -0.2) is 15.9 Å². The third-order valence-electron chi connectivity index (χ3n) is 1.34. The standard InChI is InChI=1S/C9H9N3O/c1-2-9-11-6-5-7(12-9)3-4-8(10)13/h5-6H,2H2,1H3,(H2,10,13). The molecule has 0 unspecified atom stereocenters. The lowest BCUT2D eigenvalue weighted by Gasteiger charge is -1.93. The van der Waals surface area contributed by atoms with Crippen LogP contribution in [0.3, 0.4) is 0 Å². The van der Waals surface area contributed by atoms with Gasteiger partial charge in [0.25, 0.3) is 5.91 Å². The molecule has 0 aliphatic rings. The molecule has 66 valence electrons. The van der Waals surface area contributed by atoms with E-state index in [0.717, 1.165) is 6.42 Å². The lowest BCUT2D eigenvalue weighted by Crippen LogP contribution is -2.06. The minimum atomic E-state index is -0.656. The van der Waals surface area contributed by atoms with Gasteiger partial charge < -0.3 is 5.73 Å². The monoisotopic (exact) mass is 175 g/mol. The van der Waals surface area contributed by atoms with Crippen LogP contribution >= 0.6 is 0 Å². The van der Waals surface area contributed by atoms with E-state index in [0.29, 0.717) is 11.5 Å². The summed E-state index contributed by atoms with van der Waals surface area (Å²) in [7, 11) is 0. The number of hydrogen-bond acceptors (Lipinski definition) is 3. The molecule has 0 bridgehead atoms. The fraction of sp³-hybridized carbons (Fsp3) is 0.222. The predicted molar refractivity (Wildman–Crippen MR) is 47.5 cm³/mol. The molecule has 0 aliphatic heterocycles. The number of hydrogen-bond donors (Lipinski definition) is 1. The van der Waals surface area contributed by atoms with Gasteiger partial charge in [-0.3, -0.25) is 4.79 Å². The lowest BCUT2D eigenvalue weighted by atomic mass is 10.3. The van der Waals surface area contributed by atoms with E-state index in [1.807, 2.05) is 6.92 Å². The fourth-order valence-electron chi connectivity index (χ4n) is 0.765. The zero-order valence-corrected chi connectivity index (χ0v) is 7.24. The molecule has 0 saturated carbocycles. The van der Waals surface area contributed by atoms with Gasteiger partial charge >= 0.3 is 0 Å². The van der Waals surface area contributed by atoms with Crippen LogP contribution in [0.25, 0.3) is 0 Å². The average molecular weight is 175 g/mol. The Labute approximate surface area is 76.2 Å². The van der Waals surface area contributed by atoms with Gasteiger partial charge in [0.05, 0.1) is 0 Å². The first kappa shape index (κ1) is 9.20. The maximum Gasteiger partial charge on any atom is 0.293 e. The topological polar surface area (TPSA) is 68.9 Å². The zero-order valence-electron chi connectivity index (χ0n) is 7.24. The number of amides is 1. The molecule has 1 amide bonds. The van der Waals surface area contributed by atoms with Crippen molar-refractivity contribution < 1.29 is 4.79 Å². The van der Waals surface area contributed by atoms with Crippen molar-refractivity contribution in [2.75, 3.05) is 0 Å². The van der Waals surface area contributed by atoms with E-state index >= 15 is 0 Å². The summed E-state index contributed by atoms with van der Waals surface area (Å²) < 4.78 is 0. The van der Waals surface area contributed by atoms with Gasteiger partial charge in [-0.25, -0.2) is 9.97 Å². The summed E-state index contributed by atoms with van der Waals surface area (Å²) in [6.07, 6.45) is 2.35. The minimum absolute atomic E-state index is 0.519. The molecule has 2 N–H and O–H groups in total. The summed E-state index contributed by atoms with van der Waals surface area (Å²) in [6.45, 7) is 1.95. The van der Waals surface area contributed by atoms with Crippen molar-refractivity contribution in [3.8, 4) is 11.8 Å². The van der Waals surface area contributed by atoms with E-state index in [4.69, 9.17) is 5.73 Å². The van der Waals surface area contributed by atoms with Gasteiger partial charge in [-0.1, -0.05) is 6.92 Å². The van der Waals surface area contributed by atoms with Crippen molar-refractivity contribution in [2.45, 2.75) is 13.3 Å². The van der Waals surface area contributed by atoms with Crippen LogP contribution in [0.15, 0.2) is 12.3 Å². The highest BCUT2D eigenvalue weighted by atomic mass is 16.1. The molecule has 0 radical (unpaired) electrons. The highest BCUT2D eigenvalue weighted by Crippen LogP contribution is 1.93. The van der Waals surface area contributed by atoms with Gasteiger partial charge in [0, 0.05) is 18.5 Å².